The molecule has 0 amide bonds. The molecule has 1 aliphatic rings. The van der Waals surface area contributed by atoms with Gasteiger partial charge in [-0.05, 0) is 71.3 Å². The van der Waals surface area contributed by atoms with Crippen molar-refractivity contribution in [1.29, 1.82) is 0 Å². The molecule has 108 valence electrons. The van der Waals surface area contributed by atoms with Gasteiger partial charge in [-0.25, -0.2) is 0 Å². The van der Waals surface area contributed by atoms with Crippen LogP contribution in [0.25, 0.3) is 0 Å². The highest BCUT2D eigenvalue weighted by Crippen LogP contribution is 2.30. The molecule has 2 heteroatoms. The summed E-state index contributed by atoms with van der Waals surface area (Å²) in [6.45, 7) is 13.4. The fourth-order valence-electron chi connectivity index (χ4n) is 2.59. The largest absolute Gasteiger partial charge is 0.378 e. The van der Waals surface area contributed by atoms with Crippen LogP contribution in [0.4, 0.5) is 0 Å². The molecule has 1 N–H and O–H groups in total. The summed E-state index contributed by atoms with van der Waals surface area (Å²) in [5.74, 6) is 1.73. The lowest BCUT2D eigenvalue weighted by Crippen LogP contribution is -2.36. The average Bonchev–Trinajstić information content (AvgIpc) is 2.26. The Bertz CT molecular complexity index is 222. The summed E-state index contributed by atoms with van der Waals surface area (Å²) in [6, 6.07) is 0. The SMILES string of the molecule is CC1CCC(OCCCCNC(C)(C)C)CC1C. The van der Waals surface area contributed by atoms with E-state index in [0.29, 0.717) is 6.10 Å². The minimum absolute atomic E-state index is 0.246. The van der Waals surface area contributed by atoms with Crippen LogP contribution in [-0.2, 0) is 4.74 Å². The van der Waals surface area contributed by atoms with E-state index < -0.39 is 0 Å². The molecule has 1 aliphatic carbocycles. The third-order valence-electron chi connectivity index (χ3n) is 4.13. The van der Waals surface area contributed by atoms with E-state index in [0.717, 1.165) is 25.0 Å². The zero-order chi connectivity index (χ0) is 13.6. The number of rotatable bonds is 6. The van der Waals surface area contributed by atoms with Crippen LogP contribution in [0.2, 0.25) is 0 Å². The summed E-state index contributed by atoms with van der Waals surface area (Å²) >= 11 is 0. The highest BCUT2D eigenvalue weighted by Gasteiger charge is 2.24. The summed E-state index contributed by atoms with van der Waals surface area (Å²) in [7, 11) is 0. The molecule has 1 saturated carbocycles. The molecule has 0 aromatic carbocycles. The summed E-state index contributed by atoms with van der Waals surface area (Å²) in [4.78, 5) is 0. The number of hydrogen-bond acceptors (Lipinski definition) is 2. The highest BCUT2D eigenvalue weighted by atomic mass is 16.5. The van der Waals surface area contributed by atoms with Crippen molar-refractivity contribution in [3.8, 4) is 0 Å². The predicted octanol–water partition coefficient (Wildman–Crippen LogP) is 4.00. The summed E-state index contributed by atoms with van der Waals surface area (Å²) < 4.78 is 6.01. The van der Waals surface area contributed by atoms with Crippen LogP contribution >= 0.6 is 0 Å². The second-order valence-electron chi connectivity index (χ2n) is 7.14. The van der Waals surface area contributed by atoms with Crippen molar-refractivity contribution in [2.75, 3.05) is 13.2 Å². The molecule has 2 nitrogen and oxygen atoms in total. The van der Waals surface area contributed by atoms with Crippen LogP contribution in [-0.4, -0.2) is 24.8 Å². The van der Waals surface area contributed by atoms with Gasteiger partial charge in [-0.15, -0.1) is 0 Å². The van der Waals surface area contributed by atoms with Crippen molar-refractivity contribution in [3.05, 3.63) is 0 Å². The highest BCUT2D eigenvalue weighted by molar-refractivity contribution is 4.75. The topological polar surface area (TPSA) is 21.3 Å². The molecule has 0 aromatic heterocycles. The van der Waals surface area contributed by atoms with Gasteiger partial charge in [0.05, 0.1) is 6.10 Å². The zero-order valence-electron chi connectivity index (χ0n) is 13.1. The Hall–Kier alpha value is -0.0800. The second kappa shape index (κ2) is 7.49. The first kappa shape index (κ1) is 16.0. The van der Waals surface area contributed by atoms with Crippen molar-refractivity contribution in [1.82, 2.24) is 5.32 Å². The Labute approximate surface area is 114 Å². The third-order valence-corrected chi connectivity index (χ3v) is 4.13. The van der Waals surface area contributed by atoms with Crippen LogP contribution in [0, 0.1) is 11.8 Å². The van der Waals surface area contributed by atoms with E-state index in [-0.39, 0.29) is 5.54 Å². The van der Waals surface area contributed by atoms with Crippen molar-refractivity contribution in [2.24, 2.45) is 11.8 Å². The quantitative estimate of drug-likeness (QED) is 0.724. The van der Waals surface area contributed by atoms with Gasteiger partial charge in [-0.2, -0.15) is 0 Å². The smallest absolute Gasteiger partial charge is 0.0577 e. The lowest BCUT2D eigenvalue weighted by atomic mass is 9.80. The molecule has 0 heterocycles. The Morgan fingerprint density at radius 2 is 1.78 bits per heavy atom. The van der Waals surface area contributed by atoms with Gasteiger partial charge in [0.25, 0.3) is 0 Å². The maximum Gasteiger partial charge on any atom is 0.0577 e. The molecule has 0 saturated heterocycles. The molecule has 1 rings (SSSR count). The van der Waals surface area contributed by atoms with Crippen LogP contribution in [0.5, 0.6) is 0 Å². The van der Waals surface area contributed by atoms with E-state index in [4.69, 9.17) is 4.74 Å². The zero-order valence-corrected chi connectivity index (χ0v) is 13.1. The molecule has 0 aliphatic heterocycles. The maximum absolute atomic E-state index is 6.01. The molecular formula is C16H33NO. The number of ether oxygens (including phenoxy) is 1. The van der Waals surface area contributed by atoms with E-state index >= 15 is 0 Å². The van der Waals surface area contributed by atoms with Crippen molar-refractivity contribution < 1.29 is 4.74 Å². The third kappa shape index (κ3) is 6.75. The minimum Gasteiger partial charge on any atom is -0.378 e. The van der Waals surface area contributed by atoms with Crippen LogP contribution < -0.4 is 5.32 Å². The molecule has 0 bridgehead atoms. The lowest BCUT2D eigenvalue weighted by Gasteiger charge is -2.32. The normalized spacial score (nSPS) is 29.5. The Morgan fingerprint density at radius 1 is 1.06 bits per heavy atom. The van der Waals surface area contributed by atoms with Gasteiger partial charge in [0.2, 0.25) is 0 Å². The number of nitrogens with one attached hydrogen (secondary N) is 1. The van der Waals surface area contributed by atoms with E-state index in [1.807, 2.05) is 0 Å². The van der Waals surface area contributed by atoms with Crippen molar-refractivity contribution in [3.63, 3.8) is 0 Å². The fraction of sp³-hybridized carbons (Fsp3) is 1.00. The van der Waals surface area contributed by atoms with E-state index in [1.54, 1.807) is 0 Å². The van der Waals surface area contributed by atoms with Gasteiger partial charge in [-0.1, -0.05) is 13.8 Å². The maximum atomic E-state index is 6.01. The first-order valence-electron chi connectivity index (χ1n) is 7.75. The molecule has 0 radical (unpaired) electrons. The van der Waals surface area contributed by atoms with Gasteiger partial charge in [0.15, 0.2) is 0 Å². The monoisotopic (exact) mass is 255 g/mol. The van der Waals surface area contributed by atoms with Gasteiger partial charge >= 0.3 is 0 Å². The van der Waals surface area contributed by atoms with E-state index in [1.165, 1.54) is 32.1 Å². The predicted molar refractivity (Wildman–Crippen MR) is 78.9 cm³/mol. The number of hydrogen-bond donors (Lipinski definition) is 1. The molecule has 18 heavy (non-hydrogen) atoms. The molecule has 3 unspecified atom stereocenters. The minimum atomic E-state index is 0.246. The average molecular weight is 255 g/mol. The van der Waals surface area contributed by atoms with Gasteiger partial charge in [-0.3, -0.25) is 0 Å². The van der Waals surface area contributed by atoms with Crippen LogP contribution in [0.3, 0.4) is 0 Å². The summed E-state index contributed by atoms with van der Waals surface area (Å²) in [5.41, 5.74) is 0.246. The molecule has 0 spiro atoms. The van der Waals surface area contributed by atoms with E-state index in [2.05, 4.69) is 39.9 Å². The van der Waals surface area contributed by atoms with E-state index in [9.17, 15) is 0 Å². The van der Waals surface area contributed by atoms with Crippen LogP contribution in [0.1, 0.15) is 66.7 Å². The van der Waals surface area contributed by atoms with Crippen LogP contribution in [0.15, 0.2) is 0 Å². The standard InChI is InChI=1S/C16H33NO/c1-13-8-9-15(12-14(13)2)18-11-7-6-10-17-16(3,4)5/h13-15,17H,6-12H2,1-5H3. The molecule has 1 fully saturated rings. The molecule has 3 atom stereocenters. The molecular weight excluding hydrogens is 222 g/mol. The summed E-state index contributed by atoms with van der Waals surface area (Å²) in [5, 5.41) is 3.52. The van der Waals surface area contributed by atoms with Gasteiger partial charge in [0.1, 0.15) is 0 Å². The van der Waals surface area contributed by atoms with Crippen molar-refractivity contribution in [2.45, 2.75) is 78.4 Å². The molecule has 0 aromatic rings. The van der Waals surface area contributed by atoms with Crippen molar-refractivity contribution >= 4 is 0 Å². The van der Waals surface area contributed by atoms with Gasteiger partial charge in [0, 0.05) is 12.1 Å². The Balaban J connectivity index is 1.98. The first-order valence-corrected chi connectivity index (χ1v) is 7.75. The lowest BCUT2D eigenvalue weighted by molar-refractivity contribution is 0.00110. The Kier molecular flexibility index (Phi) is 6.65. The Morgan fingerprint density at radius 3 is 2.39 bits per heavy atom. The van der Waals surface area contributed by atoms with Gasteiger partial charge < -0.3 is 10.1 Å². The fourth-order valence-corrected chi connectivity index (χ4v) is 2.59. The second-order valence-corrected chi connectivity index (χ2v) is 7.14. The summed E-state index contributed by atoms with van der Waals surface area (Å²) in [6.07, 6.45) is 6.82. The number of unbranched alkanes of at least 4 members (excludes halogenated alkanes) is 1. The first-order chi connectivity index (χ1) is 8.38.